The van der Waals surface area contributed by atoms with Crippen LogP contribution in [0, 0.1) is 0 Å². The molecule has 0 fully saturated rings. The second-order valence-electron chi connectivity index (χ2n) is 8.81. The third-order valence-corrected chi connectivity index (χ3v) is 11.2. The molecule has 37 heavy (non-hydrogen) atoms. The molecule has 10 heteroatoms. The minimum absolute atomic E-state index is 0.00809. The predicted octanol–water partition coefficient (Wildman–Crippen LogP) is 5.43. The summed E-state index contributed by atoms with van der Waals surface area (Å²) in [6.45, 7) is 7.19. The van der Waals surface area contributed by atoms with Gasteiger partial charge in [-0.15, -0.1) is 0 Å². The van der Waals surface area contributed by atoms with E-state index in [9.17, 15) is 19.3 Å². The molecule has 0 bridgehead atoms. The second-order valence-corrected chi connectivity index (χ2v) is 15.1. The SMILES string of the molecule is CCP(=O)(CC)OCC(O)COc1ccccc1Cc1ccccc1OCC(O)COP(=O)(CC)CC. The average molecular weight is 557 g/mol. The summed E-state index contributed by atoms with van der Waals surface area (Å²) in [6.07, 6.45) is 0.429. The summed E-state index contributed by atoms with van der Waals surface area (Å²) >= 11 is 0. The quantitative estimate of drug-likeness (QED) is 0.234. The summed E-state index contributed by atoms with van der Waals surface area (Å²) in [6, 6.07) is 15.1. The molecule has 0 saturated carbocycles. The minimum Gasteiger partial charge on any atom is -0.491 e. The van der Waals surface area contributed by atoms with Crippen molar-refractivity contribution in [1.82, 2.24) is 0 Å². The van der Waals surface area contributed by atoms with Crippen molar-refractivity contribution in [2.75, 3.05) is 51.1 Å². The highest BCUT2D eigenvalue weighted by Crippen LogP contribution is 2.46. The van der Waals surface area contributed by atoms with Gasteiger partial charge in [-0.2, -0.15) is 0 Å². The zero-order valence-corrected chi connectivity index (χ0v) is 24.2. The molecule has 0 aliphatic carbocycles. The lowest BCUT2D eigenvalue weighted by molar-refractivity contribution is 0.0629. The van der Waals surface area contributed by atoms with Crippen molar-refractivity contribution in [2.24, 2.45) is 0 Å². The van der Waals surface area contributed by atoms with Gasteiger partial charge in [0.05, 0.1) is 13.2 Å². The third-order valence-electron chi connectivity index (χ3n) is 6.12. The number of para-hydroxylation sites is 2. The smallest absolute Gasteiger partial charge is 0.202 e. The highest BCUT2D eigenvalue weighted by atomic mass is 31.2. The van der Waals surface area contributed by atoms with Gasteiger partial charge in [0.1, 0.15) is 36.9 Å². The fourth-order valence-corrected chi connectivity index (χ4v) is 6.02. The van der Waals surface area contributed by atoms with Crippen LogP contribution in [0.3, 0.4) is 0 Å². The molecular formula is C27H42O8P2. The van der Waals surface area contributed by atoms with Crippen molar-refractivity contribution < 1.29 is 37.9 Å². The summed E-state index contributed by atoms with van der Waals surface area (Å²) in [5, 5.41) is 20.6. The molecular weight excluding hydrogens is 514 g/mol. The van der Waals surface area contributed by atoms with Gasteiger partial charge in [0.2, 0.25) is 14.7 Å². The molecule has 2 atom stereocenters. The van der Waals surface area contributed by atoms with E-state index in [1.54, 1.807) is 0 Å². The van der Waals surface area contributed by atoms with E-state index in [0.717, 1.165) is 11.1 Å². The molecule has 0 radical (unpaired) electrons. The lowest BCUT2D eigenvalue weighted by Crippen LogP contribution is -2.24. The first-order chi connectivity index (χ1) is 17.7. The number of rotatable bonds is 18. The monoisotopic (exact) mass is 556 g/mol. The zero-order valence-electron chi connectivity index (χ0n) is 22.4. The van der Waals surface area contributed by atoms with E-state index in [1.165, 1.54) is 0 Å². The average Bonchev–Trinajstić information content (AvgIpc) is 2.93. The van der Waals surface area contributed by atoms with Gasteiger partial charge in [-0.05, 0) is 23.3 Å². The molecule has 0 aliphatic rings. The third kappa shape index (κ3) is 10.6. The van der Waals surface area contributed by atoms with Crippen LogP contribution in [0.4, 0.5) is 0 Å². The molecule has 8 nitrogen and oxygen atoms in total. The Balaban J connectivity index is 1.98. The maximum atomic E-state index is 12.4. The maximum Gasteiger partial charge on any atom is 0.202 e. The Morgan fingerprint density at radius 2 is 0.973 bits per heavy atom. The van der Waals surface area contributed by atoms with Crippen molar-refractivity contribution in [3.63, 3.8) is 0 Å². The van der Waals surface area contributed by atoms with Gasteiger partial charge in [0, 0.05) is 31.1 Å². The maximum absolute atomic E-state index is 12.4. The van der Waals surface area contributed by atoms with Crippen LogP contribution >= 0.6 is 14.7 Å². The number of ether oxygens (including phenoxy) is 2. The second kappa shape index (κ2) is 15.7. The molecule has 0 amide bonds. The molecule has 2 aromatic rings. The largest absolute Gasteiger partial charge is 0.491 e. The Kier molecular flexibility index (Phi) is 13.4. The molecule has 2 aromatic carbocycles. The van der Waals surface area contributed by atoms with E-state index < -0.39 is 26.9 Å². The van der Waals surface area contributed by atoms with Crippen LogP contribution in [0.5, 0.6) is 11.5 Å². The number of hydrogen-bond donors (Lipinski definition) is 2. The topological polar surface area (TPSA) is 112 Å². The van der Waals surface area contributed by atoms with Crippen LogP contribution in [0.25, 0.3) is 0 Å². The zero-order chi connectivity index (χ0) is 27.3. The van der Waals surface area contributed by atoms with Crippen LogP contribution in [0.1, 0.15) is 38.8 Å². The molecule has 0 aliphatic heterocycles. The normalized spacial score (nSPS) is 13.8. The van der Waals surface area contributed by atoms with Crippen molar-refractivity contribution >= 4 is 14.7 Å². The Hall–Kier alpha value is -1.66. The highest BCUT2D eigenvalue weighted by Gasteiger charge is 2.21. The molecule has 2 rings (SSSR count). The molecule has 2 N–H and O–H groups in total. The van der Waals surface area contributed by atoms with Gasteiger partial charge < -0.3 is 28.7 Å². The van der Waals surface area contributed by atoms with Crippen LogP contribution < -0.4 is 9.47 Å². The molecule has 208 valence electrons. The van der Waals surface area contributed by atoms with Crippen LogP contribution in [-0.4, -0.2) is 73.5 Å². The Bertz CT molecular complexity index is 947. The Morgan fingerprint density at radius 3 is 1.32 bits per heavy atom. The predicted molar refractivity (Wildman–Crippen MR) is 148 cm³/mol. The van der Waals surface area contributed by atoms with Crippen LogP contribution in [0.2, 0.25) is 0 Å². The summed E-state index contributed by atoms with van der Waals surface area (Å²) in [5.41, 5.74) is 1.80. The van der Waals surface area contributed by atoms with Crippen molar-refractivity contribution in [3.05, 3.63) is 59.7 Å². The minimum atomic E-state index is -2.69. The summed E-state index contributed by atoms with van der Waals surface area (Å²) in [4.78, 5) is 0. The van der Waals surface area contributed by atoms with Gasteiger partial charge in [-0.3, -0.25) is 9.13 Å². The number of hydrogen-bond acceptors (Lipinski definition) is 8. The van der Waals surface area contributed by atoms with Crippen LogP contribution in [0.15, 0.2) is 48.5 Å². The lowest BCUT2D eigenvalue weighted by atomic mass is 10.0. The van der Waals surface area contributed by atoms with Crippen molar-refractivity contribution in [3.8, 4) is 11.5 Å². The first-order valence-electron chi connectivity index (χ1n) is 12.9. The van der Waals surface area contributed by atoms with E-state index in [2.05, 4.69) is 0 Å². The lowest BCUT2D eigenvalue weighted by Gasteiger charge is -2.20. The van der Waals surface area contributed by atoms with Gasteiger partial charge >= 0.3 is 0 Å². The molecule has 0 spiro atoms. The van der Waals surface area contributed by atoms with Gasteiger partial charge in [-0.25, -0.2) is 0 Å². The summed E-state index contributed by atoms with van der Waals surface area (Å²) in [7, 11) is -5.38. The van der Waals surface area contributed by atoms with E-state index in [1.807, 2.05) is 76.2 Å². The van der Waals surface area contributed by atoms with Crippen LogP contribution in [-0.2, 0) is 24.6 Å². The number of aliphatic hydroxyl groups excluding tert-OH is 2. The number of aliphatic hydroxyl groups is 2. The standard InChI is InChI=1S/C27H42O8P2/c1-5-36(30,6-2)34-20-24(28)18-32-26-15-11-9-13-22(26)17-23-14-10-12-16-27(23)33-19-25(29)21-35-37(31,7-3)8-4/h9-16,24-25,28-29H,5-8,17-21H2,1-4H3. The molecule has 2 unspecified atom stereocenters. The van der Waals surface area contributed by atoms with Crippen molar-refractivity contribution in [1.29, 1.82) is 0 Å². The van der Waals surface area contributed by atoms with E-state index in [0.29, 0.717) is 42.6 Å². The Morgan fingerprint density at radius 1 is 0.622 bits per heavy atom. The molecule has 0 saturated heterocycles. The van der Waals surface area contributed by atoms with E-state index >= 15 is 0 Å². The molecule has 0 aromatic heterocycles. The van der Waals surface area contributed by atoms with Gasteiger partial charge in [0.15, 0.2) is 0 Å². The molecule has 0 heterocycles. The summed E-state index contributed by atoms with van der Waals surface area (Å²) in [5.74, 6) is 1.24. The van der Waals surface area contributed by atoms with E-state index in [-0.39, 0.29) is 26.4 Å². The van der Waals surface area contributed by atoms with Crippen molar-refractivity contribution in [2.45, 2.75) is 46.3 Å². The fraction of sp³-hybridized carbons (Fsp3) is 0.556. The number of benzene rings is 2. The van der Waals surface area contributed by atoms with Gasteiger partial charge in [-0.1, -0.05) is 64.1 Å². The highest BCUT2D eigenvalue weighted by molar-refractivity contribution is 7.59. The van der Waals surface area contributed by atoms with E-state index in [4.69, 9.17) is 18.5 Å². The fourth-order valence-electron chi connectivity index (χ4n) is 3.51. The Labute approximate surface area is 221 Å². The first-order valence-corrected chi connectivity index (χ1v) is 16.9. The first kappa shape index (κ1) is 31.6. The van der Waals surface area contributed by atoms with Gasteiger partial charge in [0.25, 0.3) is 0 Å². The summed E-state index contributed by atoms with van der Waals surface area (Å²) < 4.78 is 47.5.